The van der Waals surface area contributed by atoms with Gasteiger partial charge in [0.2, 0.25) is 0 Å². The minimum absolute atomic E-state index is 0.941. The van der Waals surface area contributed by atoms with Gasteiger partial charge in [0.25, 0.3) is 0 Å². The van der Waals surface area contributed by atoms with Gasteiger partial charge in [0, 0.05) is 19.6 Å². The molecule has 1 nitrogen and oxygen atoms in total. The average Bonchev–Trinajstić information content (AvgIpc) is 2.80. The Hall–Kier alpha value is -1.08. The number of hydrogen-bond acceptors (Lipinski definition) is 1. The third-order valence-corrected chi connectivity index (χ3v) is 4.26. The van der Waals surface area contributed by atoms with Crippen LogP contribution in [0, 0.1) is 11.8 Å². The van der Waals surface area contributed by atoms with Gasteiger partial charge in [-0.15, -0.1) is 0 Å². The van der Waals surface area contributed by atoms with Gasteiger partial charge >= 0.3 is 0 Å². The van der Waals surface area contributed by atoms with Gasteiger partial charge in [0.15, 0.2) is 0 Å². The molecule has 0 amide bonds. The number of benzene rings is 1. The van der Waals surface area contributed by atoms with Crippen molar-refractivity contribution >= 4 is 0 Å². The molecule has 0 N–H and O–H groups in total. The Morgan fingerprint density at radius 1 is 0.941 bits per heavy atom. The van der Waals surface area contributed by atoms with Crippen molar-refractivity contribution in [2.45, 2.75) is 19.3 Å². The number of nitrogens with zero attached hydrogens (tertiary/aromatic N) is 1. The second kappa shape index (κ2) is 5.05. The molecule has 90 valence electrons. The van der Waals surface area contributed by atoms with Gasteiger partial charge in [0.05, 0.1) is 0 Å². The van der Waals surface area contributed by atoms with E-state index in [1.807, 2.05) is 0 Å². The average molecular weight is 227 g/mol. The topological polar surface area (TPSA) is 3.24 Å². The molecule has 17 heavy (non-hydrogen) atoms. The van der Waals surface area contributed by atoms with Gasteiger partial charge in [-0.2, -0.15) is 0 Å². The molecule has 0 saturated carbocycles. The Labute approximate surface area is 104 Å². The molecule has 1 aliphatic carbocycles. The van der Waals surface area contributed by atoms with Crippen LogP contribution in [-0.4, -0.2) is 24.5 Å². The smallest absolute Gasteiger partial charge is 0.00221 e. The molecule has 2 atom stereocenters. The van der Waals surface area contributed by atoms with E-state index in [2.05, 4.69) is 47.4 Å². The lowest BCUT2D eigenvalue weighted by atomic mass is 9.86. The SMILES string of the molecule is C1=CCC2CN(CCc3ccccc3)CC2C1. The summed E-state index contributed by atoms with van der Waals surface area (Å²) in [7, 11) is 0. The maximum absolute atomic E-state index is 2.66. The van der Waals surface area contributed by atoms with E-state index in [1.165, 1.54) is 44.5 Å². The first-order valence-corrected chi connectivity index (χ1v) is 6.83. The van der Waals surface area contributed by atoms with Crippen LogP contribution >= 0.6 is 0 Å². The molecule has 1 heterocycles. The zero-order valence-electron chi connectivity index (χ0n) is 10.4. The van der Waals surface area contributed by atoms with Crippen molar-refractivity contribution < 1.29 is 0 Å². The fraction of sp³-hybridized carbons (Fsp3) is 0.500. The zero-order valence-corrected chi connectivity index (χ0v) is 10.4. The molecular formula is C16H21N. The maximum atomic E-state index is 2.66. The molecule has 1 fully saturated rings. The molecular weight excluding hydrogens is 206 g/mol. The van der Waals surface area contributed by atoms with Crippen molar-refractivity contribution in [3.05, 3.63) is 48.0 Å². The molecule has 2 aliphatic rings. The summed E-state index contributed by atoms with van der Waals surface area (Å²) in [5.41, 5.74) is 1.47. The molecule has 0 spiro atoms. The molecule has 1 aromatic carbocycles. The van der Waals surface area contributed by atoms with Crippen LogP contribution in [0.5, 0.6) is 0 Å². The highest BCUT2D eigenvalue weighted by Gasteiger charge is 2.32. The summed E-state index contributed by atoms with van der Waals surface area (Å²) in [6.45, 7) is 3.88. The molecule has 1 aliphatic heterocycles. The summed E-state index contributed by atoms with van der Waals surface area (Å²) in [6.07, 6.45) is 8.58. The summed E-state index contributed by atoms with van der Waals surface area (Å²) in [4.78, 5) is 2.66. The van der Waals surface area contributed by atoms with E-state index in [1.54, 1.807) is 0 Å². The highest BCUT2D eigenvalue weighted by atomic mass is 15.1. The molecule has 0 bridgehead atoms. The Morgan fingerprint density at radius 2 is 1.59 bits per heavy atom. The highest BCUT2D eigenvalue weighted by Crippen LogP contribution is 2.32. The maximum Gasteiger partial charge on any atom is 0.00221 e. The lowest BCUT2D eigenvalue weighted by Crippen LogP contribution is -2.23. The largest absolute Gasteiger partial charge is 0.302 e. The van der Waals surface area contributed by atoms with Crippen molar-refractivity contribution in [3.63, 3.8) is 0 Å². The van der Waals surface area contributed by atoms with Gasteiger partial charge in [-0.25, -0.2) is 0 Å². The number of likely N-dealkylation sites (tertiary alicyclic amines) is 1. The van der Waals surface area contributed by atoms with Crippen LogP contribution in [0.3, 0.4) is 0 Å². The monoisotopic (exact) mass is 227 g/mol. The van der Waals surface area contributed by atoms with E-state index in [4.69, 9.17) is 0 Å². The Bertz CT molecular complexity index is 366. The first-order valence-electron chi connectivity index (χ1n) is 6.83. The third kappa shape index (κ3) is 2.61. The van der Waals surface area contributed by atoms with Crippen LogP contribution in [0.15, 0.2) is 42.5 Å². The van der Waals surface area contributed by atoms with Crippen LogP contribution in [-0.2, 0) is 6.42 Å². The normalized spacial score (nSPS) is 28.2. The van der Waals surface area contributed by atoms with Gasteiger partial charge in [-0.1, -0.05) is 42.5 Å². The van der Waals surface area contributed by atoms with Crippen molar-refractivity contribution in [1.29, 1.82) is 0 Å². The molecule has 1 saturated heterocycles. The van der Waals surface area contributed by atoms with Crippen LogP contribution in [0.25, 0.3) is 0 Å². The Morgan fingerprint density at radius 3 is 2.24 bits per heavy atom. The van der Waals surface area contributed by atoms with E-state index in [9.17, 15) is 0 Å². The van der Waals surface area contributed by atoms with Gasteiger partial charge in [-0.3, -0.25) is 0 Å². The first kappa shape index (κ1) is 11.0. The fourth-order valence-electron chi connectivity index (χ4n) is 3.23. The summed E-state index contributed by atoms with van der Waals surface area (Å²) < 4.78 is 0. The Balaban J connectivity index is 1.51. The number of allylic oxidation sites excluding steroid dienone is 2. The minimum atomic E-state index is 0.941. The van der Waals surface area contributed by atoms with E-state index < -0.39 is 0 Å². The lowest BCUT2D eigenvalue weighted by molar-refractivity contribution is 0.326. The summed E-state index contributed by atoms with van der Waals surface area (Å²) in [5.74, 6) is 1.88. The van der Waals surface area contributed by atoms with Gasteiger partial charge in [-0.05, 0) is 36.7 Å². The molecule has 0 radical (unpaired) electrons. The first-order chi connectivity index (χ1) is 8.42. The lowest BCUT2D eigenvalue weighted by Gasteiger charge is -2.18. The van der Waals surface area contributed by atoms with E-state index in [0.29, 0.717) is 0 Å². The molecule has 1 aromatic rings. The second-order valence-corrected chi connectivity index (χ2v) is 5.46. The number of hydrogen-bond donors (Lipinski definition) is 0. The predicted molar refractivity (Wildman–Crippen MR) is 71.9 cm³/mol. The zero-order chi connectivity index (χ0) is 11.5. The summed E-state index contributed by atoms with van der Waals surface area (Å²) in [6, 6.07) is 10.9. The van der Waals surface area contributed by atoms with Gasteiger partial charge in [0.1, 0.15) is 0 Å². The van der Waals surface area contributed by atoms with Crippen LogP contribution < -0.4 is 0 Å². The summed E-state index contributed by atoms with van der Waals surface area (Å²) >= 11 is 0. The van der Waals surface area contributed by atoms with E-state index >= 15 is 0 Å². The minimum Gasteiger partial charge on any atom is -0.302 e. The van der Waals surface area contributed by atoms with Crippen LogP contribution in [0.2, 0.25) is 0 Å². The Kier molecular flexibility index (Phi) is 3.28. The van der Waals surface area contributed by atoms with Gasteiger partial charge < -0.3 is 4.90 Å². The number of fused-ring (bicyclic) bond motifs is 1. The second-order valence-electron chi connectivity index (χ2n) is 5.46. The number of rotatable bonds is 3. The van der Waals surface area contributed by atoms with E-state index in [-0.39, 0.29) is 0 Å². The van der Waals surface area contributed by atoms with E-state index in [0.717, 1.165) is 11.8 Å². The summed E-state index contributed by atoms with van der Waals surface area (Å²) in [5, 5.41) is 0. The third-order valence-electron chi connectivity index (χ3n) is 4.26. The standard InChI is InChI=1S/C16H21N/c1-2-6-14(7-3-1)10-11-17-12-15-8-4-5-9-16(15)13-17/h1-7,15-16H,8-13H2. The highest BCUT2D eigenvalue weighted by molar-refractivity contribution is 5.15. The predicted octanol–water partition coefficient (Wildman–Crippen LogP) is 3.13. The van der Waals surface area contributed by atoms with Crippen molar-refractivity contribution in [3.8, 4) is 0 Å². The van der Waals surface area contributed by atoms with Crippen LogP contribution in [0.1, 0.15) is 18.4 Å². The molecule has 0 aromatic heterocycles. The quantitative estimate of drug-likeness (QED) is 0.717. The molecule has 2 unspecified atom stereocenters. The van der Waals surface area contributed by atoms with Crippen LogP contribution in [0.4, 0.5) is 0 Å². The van der Waals surface area contributed by atoms with Crippen molar-refractivity contribution in [2.75, 3.05) is 19.6 Å². The molecule has 1 heteroatoms. The van der Waals surface area contributed by atoms with Crippen molar-refractivity contribution in [1.82, 2.24) is 4.90 Å². The van der Waals surface area contributed by atoms with Crippen molar-refractivity contribution in [2.24, 2.45) is 11.8 Å². The fourth-order valence-corrected chi connectivity index (χ4v) is 3.23. The molecule has 3 rings (SSSR count).